The average Bonchev–Trinajstić information content (AvgIpc) is 2.57. The van der Waals surface area contributed by atoms with Crippen molar-refractivity contribution < 1.29 is 14.8 Å². The minimum Gasteiger partial charge on any atom is -0.502 e. The Morgan fingerprint density at radius 2 is 2.27 bits per heavy atom. The SMILES string of the molecule is COCc1cc(C)nc(NN=Cc2cc(Br)cc([N+](=O)[O-])c2O)c1C#N. The van der Waals surface area contributed by atoms with Gasteiger partial charge in [0.1, 0.15) is 11.6 Å². The van der Waals surface area contributed by atoms with Gasteiger partial charge in [0.05, 0.1) is 17.7 Å². The van der Waals surface area contributed by atoms with Gasteiger partial charge in [0.25, 0.3) is 0 Å². The molecule has 0 amide bonds. The summed E-state index contributed by atoms with van der Waals surface area (Å²) in [5.74, 6) is -0.290. The number of nitro groups is 1. The molecule has 1 aromatic carbocycles. The van der Waals surface area contributed by atoms with Crippen LogP contribution in [0.3, 0.4) is 0 Å². The third-order valence-electron chi connectivity index (χ3n) is 3.30. The van der Waals surface area contributed by atoms with E-state index < -0.39 is 16.4 Å². The van der Waals surface area contributed by atoms with Crippen molar-refractivity contribution >= 4 is 33.6 Å². The second-order valence-corrected chi connectivity index (χ2v) is 6.10. The number of methoxy groups -OCH3 is 1. The molecule has 9 nitrogen and oxygen atoms in total. The molecule has 0 unspecified atom stereocenters. The van der Waals surface area contributed by atoms with Crippen LogP contribution in [-0.2, 0) is 11.3 Å². The minimum absolute atomic E-state index is 0.127. The first-order valence-electron chi connectivity index (χ1n) is 7.23. The molecule has 1 aromatic heterocycles. The number of nitrogens with one attached hydrogen (secondary N) is 1. The van der Waals surface area contributed by atoms with Crippen molar-refractivity contribution in [1.29, 1.82) is 5.26 Å². The van der Waals surface area contributed by atoms with Crippen molar-refractivity contribution in [3.63, 3.8) is 0 Å². The number of nitriles is 1. The van der Waals surface area contributed by atoms with E-state index in [1.165, 1.54) is 25.5 Å². The average molecular weight is 420 g/mol. The normalized spacial score (nSPS) is 10.7. The predicted molar refractivity (Wildman–Crippen MR) is 98.1 cm³/mol. The number of ether oxygens (including phenoxy) is 1. The molecule has 0 spiro atoms. The molecule has 0 fully saturated rings. The number of rotatable bonds is 6. The Morgan fingerprint density at radius 1 is 1.54 bits per heavy atom. The fourth-order valence-electron chi connectivity index (χ4n) is 2.22. The second kappa shape index (κ2) is 8.37. The lowest BCUT2D eigenvalue weighted by Gasteiger charge is -2.09. The molecular weight excluding hydrogens is 406 g/mol. The molecule has 0 bridgehead atoms. The number of pyridine rings is 1. The molecule has 0 saturated heterocycles. The largest absolute Gasteiger partial charge is 0.502 e. The van der Waals surface area contributed by atoms with Crippen LogP contribution < -0.4 is 5.43 Å². The highest BCUT2D eigenvalue weighted by atomic mass is 79.9. The first-order chi connectivity index (χ1) is 12.4. The minimum atomic E-state index is -0.697. The second-order valence-electron chi connectivity index (χ2n) is 5.18. The number of hydrogen-bond donors (Lipinski definition) is 2. The van der Waals surface area contributed by atoms with Crippen LogP contribution in [0.2, 0.25) is 0 Å². The van der Waals surface area contributed by atoms with E-state index >= 15 is 0 Å². The lowest BCUT2D eigenvalue weighted by Crippen LogP contribution is -2.03. The van der Waals surface area contributed by atoms with Gasteiger partial charge in [-0.25, -0.2) is 4.98 Å². The van der Waals surface area contributed by atoms with Crippen molar-refractivity contribution in [2.75, 3.05) is 12.5 Å². The molecule has 2 rings (SSSR count). The van der Waals surface area contributed by atoms with E-state index in [1.807, 2.05) is 6.07 Å². The number of aryl methyl sites for hydroxylation is 1. The van der Waals surface area contributed by atoms with E-state index in [9.17, 15) is 20.5 Å². The molecule has 0 saturated carbocycles. The zero-order valence-corrected chi connectivity index (χ0v) is 15.4. The molecule has 10 heteroatoms. The van der Waals surface area contributed by atoms with Crippen LogP contribution in [0.15, 0.2) is 27.8 Å². The van der Waals surface area contributed by atoms with Crippen molar-refractivity contribution in [2.45, 2.75) is 13.5 Å². The molecule has 26 heavy (non-hydrogen) atoms. The highest BCUT2D eigenvalue weighted by Crippen LogP contribution is 2.32. The molecule has 0 aliphatic heterocycles. The van der Waals surface area contributed by atoms with Crippen molar-refractivity contribution in [2.24, 2.45) is 5.10 Å². The number of hydrogen-bond acceptors (Lipinski definition) is 8. The summed E-state index contributed by atoms with van der Waals surface area (Å²) in [5.41, 5.74) is 3.90. The van der Waals surface area contributed by atoms with Crippen LogP contribution in [0.5, 0.6) is 5.75 Å². The van der Waals surface area contributed by atoms with Crippen LogP contribution in [0.4, 0.5) is 11.5 Å². The Hall–Kier alpha value is -3.03. The number of nitrogens with zero attached hydrogens (tertiary/aromatic N) is 4. The van der Waals surface area contributed by atoms with Gasteiger partial charge in [0, 0.05) is 34.5 Å². The summed E-state index contributed by atoms with van der Waals surface area (Å²) >= 11 is 3.14. The molecule has 0 aliphatic rings. The summed E-state index contributed by atoms with van der Waals surface area (Å²) in [6, 6.07) is 6.44. The summed E-state index contributed by atoms with van der Waals surface area (Å²) in [6.45, 7) is 2.00. The smallest absolute Gasteiger partial charge is 0.312 e. The fraction of sp³-hybridized carbons (Fsp3) is 0.188. The number of anilines is 1. The molecule has 134 valence electrons. The molecular formula is C16H14BrN5O4. The summed E-state index contributed by atoms with van der Waals surface area (Å²) in [4.78, 5) is 14.5. The first-order valence-corrected chi connectivity index (χ1v) is 8.02. The van der Waals surface area contributed by atoms with Gasteiger partial charge in [0.2, 0.25) is 5.75 Å². The summed E-state index contributed by atoms with van der Waals surface area (Å²) in [7, 11) is 1.52. The number of benzene rings is 1. The van der Waals surface area contributed by atoms with Gasteiger partial charge in [-0.15, -0.1) is 0 Å². The highest BCUT2D eigenvalue weighted by molar-refractivity contribution is 9.10. The van der Waals surface area contributed by atoms with E-state index in [4.69, 9.17) is 4.74 Å². The molecule has 0 aliphatic carbocycles. The molecule has 1 heterocycles. The number of halogens is 1. The summed E-state index contributed by atoms with van der Waals surface area (Å²) in [5, 5.41) is 34.2. The Balaban J connectivity index is 2.35. The number of nitro benzene ring substituents is 1. The maximum atomic E-state index is 10.9. The van der Waals surface area contributed by atoms with Crippen molar-refractivity contribution in [1.82, 2.24) is 4.98 Å². The molecule has 2 aromatic rings. The van der Waals surface area contributed by atoms with Crippen LogP contribution in [0, 0.1) is 28.4 Å². The van der Waals surface area contributed by atoms with Gasteiger partial charge in [-0.05, 0) is 19.1 Å². The number of phenolic OH excluding ortho intramolecular Hbond substituents is 1. The van der Waals surface area contributed by atoms with Gasteiger partial charge >= 0.3 is 5.69 Å². The zero-order chi connectivity index (χ0) is 19.3. The molecule has 0 radical (unpaired) electrons. The van der Waals surface area contributed by atoms with E-state index in [1.54, 1.807) is 13.0 Å². The Bertz CT molecular complexity index is 924. The first kappa shape index (κ1) is 19.3. The third kappa shape index (κ3) is 4.33. The Morgan fingerprint density at radius 3 is 2.88 bits per heavy atom. The van der Waals surface area contributed by atoms with Crippen molar-refractivity contribution in [3.05, 3.63) is 55.2 Å². The van der Waals surface area contributed by atoms with Crippen molar-refractivity contribution in [3.8, 4) is 11.8 Å². The van der Waals surface area contributed by atoms with Crippen LogP contribution in [0.1, 0.15) is 22.4 Å². The number of aromatic hydroxyl groups is 1. The number of aromatic nitrogens is 1. The monoisotopic (exact) mass is 419 g/mol. The maximum absolute atomic E-state index is 10.9. The van der Waals surface area contributed by atoms with Crippen LogP contribution in [-0.4, -0.2) is 28.3 Å². The Labute approximate surface area is 157 Å². The lowest BCUT2D eigenvalue weighted by atomic mass is 10.1. The standard InChI is InChI=1S/C16H14BrN5O4/c1-9-3-11(8-26-2)13(6-18)16(20-9)21-19-7-10-4-12(17)5-14(15(10)23)22(24)25/h3-5,7,23H,8H2,1-2H3,(H,20,21). The quantitative estimate of drug-likeness (QED) is 0.416. The van der Waals surface area contributed by atoms with Gasteiger partial charge in [-0.3, -0.25) is 15.5 Å². The third-order valence-corrected chi connectivity index (χ3v) is 3.75. The fourth-order valence-corrected chi connectivity index (χ4v) is 2.69. The van der Waals surface area contributed by atoms with Crippen LogP contribution >= 0.6 is 15.9 Å². The van der Waals surface area contributed by atoms with Gasteiger partial charge in [-0.1, -0.05) is 15.9 Å². The van der Waals surface area contributed by atoms with E-state index in [0.29, 0.717) is 15.7 Å². The van der Waals surface area contributed by atoms with E-state index in [-0.39, 0.29) is 23.6 Å². The van der Waals surface area contributed by atoms with Gasteiger partial charge in [-0.2, -0.15) is 10.4 Å². The summed E-state index contributed by atoms with van der Waals surface area (Å²) in [6.07, 6.45) is 1.20. The van der Waals surface area contributed by atoms with E-state index in [0.717, 1.165) is 0 Å². The van der Waals surface area contributed by atoms with Crippen LogP contribution in [0.25, 0.3) is 0 Å². The van der Waals surface area contributed by atoms with E-state index in [2.05, 4.69) is 31.4 Å². The zero-order valence-electron chi connectivity index (χ0n) is 13.9. The lowest BCUT2D eigenvalue weighted by molar-refractivity contribution is -0.385. The predicted octanol–water partition coefficient (Wildman–Crippen LogP) is 3.23. The highest BCUT2D eigenvalue weighted by Gasteiger charge is 2.17. The molecule has 2 N–H and O–H groups in total. The number of phenols is 1. The topological polar surface area (TPSA) is 134 Å². The maximum Gasteiger partial charge on any atom is 0.312 e. The Kier molecular flexibility index (Phi) is 6.21. The number of hydrazone groups is 1. The molecule has 0 atom stereocenters. The van der Waals surface area contributed by atoms with Gasteiger partial charge in [0.15, 0.2) is 5.82 Å². The van der Waals surface area contributed by atoms with Gasteiger partial charge < -0.3 is 9.84 Å². The summed E-state index contributed by atoms with van der Waals surface area (Å²) < 4.78 is 5.49.